The highest BCUT2D eigenvalue weighted by Gasteiger charge is 2.48. The second kappa shape index (κ2) is 8.68. The molecule has 1 aliphatic heterocycles. The van der Waals surface area contributed by atoms with Gasteiger partial charge in [-0.2, -0.15) is 5.10 Å². The predicted molar refractivity (Wildman–Crippen MR) is 125 cm³/mol. The fourth-order valence-electron chi connectivity index (χ4n) is 5.02. The largest absolute Gasteiger partial charge is 0.339 e. The Kier molecular flexibility index (Phi) is 5.85. The van der Waals surface area contributed by atoms with Crippen LogP contribution in [0.2, 0.25) is 0 Å². The zero-order valence-electron chi connectivity index (χ0n) is 19.3. The van der Waals surface area contributed by atoms with E-state index in [2.05, 4.69) is 15.7 Å². The highest BCUT2D eigenvalue weighted by molar-refractivity contribution is 7.91. The van der Waals surface area contributed by atoms with E-state index in [1.807, 2.05) is 0 Å². The maximum absolute atomic E-state index is 14.9. The topological polar surface area (TPSA) is 110 Å². The normalized spacial score (nSPS) is 18.6. The number of sulfone groups is 1. The molecule has 2 aromatic carbocycles. The number of alkyl halides is 2. The van der Waals surface area contributed by atoms with Crippen LogP contribution in [-0.4, -0.2) is 42.0 Å². The molecule has 2 amide bonds. The molecule has 37 heavy (non-hydrogen) atoms. The minimum atomic E-state index is -3.71. The first-order chi connectivity index (χ1) is 17.4. The van der Waals surface area contributed by atoms with Crippen LogP contribution in [0.15, 0.2) is 36.4 Å². The lowest BCUT2D eigenvalue weighted by Gasteiger charge is -2.36. The van der Waals surface area contributed by atoms with Crippen LogP contribution in [-0.2, 0) is 33.1 Å². The Balaban J connectivity index is 1.62. The molecule has 1 aliphatic carbocycles. The number of hydrogen-bond acceptors (Lipinski definition) is 5. The average Bonchev–Trinajstić information content (AvgIpc) is 3.31. The van der Waals surface area contributed by atoms with E-state index in [-0.39, 0.29) is 46.7 Å². The molecule has 0 saturated carbocycles. The van der Waals surface area contributed by atoms with Gasteiger partial charge >= 0.3 is 0 Å². The van der Waals surface area contributed by atoms with Gasteiger partial charge in [0, 0.05) is 29.0 Å². The SMILES string of the molecule is CS(=O)(=O)CC(=O)Nc1c(-c2ccc(C(F)F)cc2)nn2c1C(=O)N[C@@]1(CCc3cc(F)cc(F)c31)C2. The van der Waals surface area contributed by atoms with Gasteiger partial charge in [-0.05, 0) is 24.5 Å². The molecule has 2 aliphatic rings. The molecule has 1 atom stereocenters. The van der Waals surface area contributed by atoms with Crippen LogP contribution in [0.25, 0.3) is 11.3 Å². The van der Waals surface area contributed by atoms with E-state index < -0.39 is 51.0 Å². The van der Waals surface area contributed by atoms with Gasteiger partial charge in [0.15, 0.2) is 15.5 Å². The van der Waals surface area contributed by atoms with Crippen LogP contribution in [0.4, 0.5) is 23.2 Å². The summed E-state index contributed by atoms with van der Waals surface area (Å²) in [5.41, 5.74) is -0.816. The van der Waals surface area contributed by atoms with Crippen molar-refractivity contribution in [3.63, 3.8) is 0 Å². The number of aromatic nitrogens is 2. The van der Waals surface area contributed by atoms with Crippen molar-refractivity contribution in [2.24, 2.45) is 0 Å². The first-order valence-electron chi connectivity index (χ1n) is 11.1. The molecule has 13 heteroatoms. The number of carbonyl (C=O) groups excluding carboxylic acids is 2. The number of fused-ring (bicyclic) bond motifs is 3. The summed E-state index contributed by atoms with van der Waals surface area (Å²) in [6.07, 6.45) is -1.27. The molecule has 8 nitrogen and oxygen atoms in total. The molecule has 194 valence electrons. The first-order valence-corrected chi connectivity index (χ1v) is 13.2. The molecule has 3 aromatic rings. The lowest BCUT2D eigenvalue weighted by Crippen LogP contribution is -2.53. The van der Waals surface area contributed by atoms with Crippen molar-refractivity contribution >= 4 is 27.3 Å². The van der Waals surface area contributed by atoms with Crippen molar-refractivity contribution < 1.29 is 35.6 Å². The molecule has 0 saturated heterocycles. The van der Waals surface area contributed by atoms with Crippen molar-refractivity contribution in [3.8, 4) is 11.3 Å². The Morgan fingerprint density at radius 1 is 1.22 bits per heavy atom. The molecular formula is C24H20F4N4O4S. The van der Waals surface area contributed by atoms with Crippen molar-refractivity contribution in [1.29, 1.82) is 0 Å². The van der Waals surface area contributed by atoms with Crippen LogP contribution in [0.1, 0.15) is 40.0 Å². The van der Waals surface area contributed by atoms with E-state index in [9.17, 15) is 35.6 Å². The zero-order chi connectivity index (χ0) is 26.7. The van der Waals surface area contributed by atoms with Gasteiger partial charge in [-0.1, -0.05) is 24.3 Å². The van der Waals surface area contributed by atoms with Gasteiger partial charge in [0.1, 0.15) is 28.8 Å². The van der Waals surface area contributed by atoms with Gasteiger partial charge in [-0.15, -0.1) is 0 Å². The van der Waals surface area contributed by atoms with Gasteiger partial charge in [-0.3, -0.25) is 14.3 Å². The molecular weight excluding hydrogens is 516 g/mol. The van der Waals surface area contributed by atoms with Gasteiger partial charge in [-0.25, -0.2) is 26.0 Å². The van der Waals surface area contributed by atoms with Crippen LogP contribution in [0.5, 0.6) is 0 Å². The van der Waals surface area contributed by atoms with Crippen molar-refractivity contribution in [2.45, 2.75) is 31.4 Å². The van der Waals surface area contributed by atoms with E-state index in [0.717, 1.165) is 12.3 Å². The molecule has 1 spiro atoms. The summed E-state index contributed by atoms with van der Waals surface area (Å²) in [7, 11) is -3.71. The summed E-state index contributed by atoms with van der Waals surface area (Å²) in [6.45, 7) is -0.0618. The van der Waals surface area contributed by atoms with E-state index >= 15 is 0 Å². The third-order valence-corrected chi connectivity index (χ3v) is 7.26. The monoisotopic (exact) mass is 536 g/mol. The third-order valence-electron chi connectivity index (χ3n) is 6.47. The fourth-order valence-corrected chi connectivity index (χ4v) is 5.56. The molecule has 0 bridgehead atoms. The number of anilines is 1. The van der Waals surface area contributed by atoms with Gasteiger partial charge in [0.05, 0.1) is 12.1 Å². The second-order valence-corrected chi connectivity index (χ2v) is 11.4. The number of hydrogen-bond donors (Lipinski definition) is 2. The number of carbonyl (C=O) groups is 2. The number of rotatable bonds is 5. The molecule has 0 unspecified atom stereocenters. The fraction of sp³-hybridized carbons (Fsp3) is 0.292. The summed E-state index contributed by atoms with van der Waals surface area (Å²) in [5, 5.41) is 9.65. The van der Waals surface area contributed by atoms with E-state index in [0.29, 0.717) is 12.0 Å². The Bertz CT molecular complexity index is 1550. The standard InChI is InChI=1S/C24H20F4N4O4S/c1-37(35,36)10-17(33)29-20-19(12-2-4-13(5-3-12)22(27)28)31-32-11-24(30-23(34)21(20)32)7-6-14-8-15(25)9-16(26)18(14)24/h2-5,8-9,22H,6-7,10-11H2,1H3,(H,29,33)(H,30,34)/t24-/m0/s1. The van der Waals surface area contributed by atoms with Gasteiger partial charge < -0.3 is 10.6 Å². The summed E-state index contributed by atoms with van der Waals surface area (Å²) in [5.74, 6) is -4.06. The number of halogens is 4. The smallest absolute Gasteiger partial charge is 0.272 e. The maximum Gasteiger partial charge on any atom is 0.272 e. The van der Waals surface area contributed by atoms with E-state index in [1.54, 1.807) is 0 Å². The van der Waals surface area contributed by atoms with Crippen LogP contribution < -0.4 is 10.6 Å². The zero-order valence-corrected chi connectivity index (χ0v) is 20.1. The lowest BCUT2D eigenvalue weighted by atomic mass is 9.89. The number of benzene rings is 2. The van der Waals surface area contributed by atoms with Crippen LogP contribution in [0, 0.1) is 11.6 Å². The van der Waals surface area contributed by atoms with Gasteiger partial charge in [0.25, 0.3) is 12.3 Å². The molecule has 0 fully saturated rings. The molecule has 5 rings (SSSR count). The molecule has 0 radical (unpaired) electrons. The minimum absolute atomic E-state index is 0.0441. The van der Waals surface area contributed by atoms with Crippen LogP contribution in [0.3, 0.4) is 0 Å². The second-order valence-electron chi connectivity index (χ2n) is 9.23. The summed E-state index contributed by atoms with van der Waals surface area (Å²) in [6, 6.07) is 6.96. The third kappa shape index (κ3) is 4.47. The van der Waals surface area contributed by atoms with Crippen molar-refractivity contribution in [1.82, 2.24) is 15.1 Å². The Morgan fingerprint density at radius 2 is 1.92 bits per heavy atom. The predicted octanol–water partition coefficient (Wildman–Crippen LogP) is 3.33. The molecule has 2 heterocycles. The van der Waals surface area contributed by atoms with E-state index in [1.165, 1.54) is 35.0 Å². The van der Waals surface area contributed by atoms with Crippen LogP contribution >= 0.6 is 0 Å². The highest BCUT2D eigenvalue weighted by atomic mass is 32.2. The Morgan fingerprint density at radius 3 is 2.57 bits per heavy atom. The minimum Gasteiger partial charge on any atom is -0.339 e. The Hall–Kier alpha value is -3.74. The summed E-state index contributed by atoms with van der Waals surface area (Å²) < 4.78 is 79.3. The van der Waals surface area contributed by atoms with E-state index in [4.69, 9.17) is 0 Å². The molecule has 1 aromatic heterocycles. The average molecular weight is 537 g/mol. The number of nitrogens with zero attached hydrogens (tertiary/aromatic N) is 2. The summed E-state index contributed by atoms with van der Waals surface area (Å²) in [4.78, 5) is 25.9. The number of aryl methyl sites for hydroxylation is 1. The maximum atomic E-state index is 14.9. The van der Waals surface area contributed by atoms with Gasteiger partial charge in [0.2, 0.25) is 5.91 Å². The summed E-state index contributed by atoms with van der Waals surface area (Å²) >= 11 is 0. The van der Waals surface area contributed by atoms with Crippen molar-refractivity contribution in [2.75, 3.05) is 17.3 Å². The first kappa shape index (κ1) is 24.9. The number of nitrogens with one attached hydrogen (secondary N) is 2. The highest BCUT2D eigenvalue weighted by Crippen LogP contribution is 2.44. The van der Waals surface area contributed by atoms with Crippen molar-refractivity contribution in [3.05, 3.63) is 70.4 Å². The Labute approximate surface area is 208 Å². The molecule has 2 N–H and O–H groups in total. The quantitative estimate of drug-likeness (QED) is 0.486. The lowest BCUT2D eigenvalue weighted by molar-refractivity contribution is -0.113. The number of amides is 2.